The number of piperidine rings is 2. The minimum Gasteiger partial charge on any atom is -0.384 e. The van der Waals surface area contributed by atoms with Crippen molar-refractivity contribution >= 4 is 5.78 Å². The zero-order valence-corrected chi connectivity index (χ0v) is 19.3. The van der Waals surface area contributed by atoms with E-state index in [1.165, 1.54) is 0 Å². The van der Waals surface area contributed by atoms with Crippen molar-refractivity contribution in [1.29, 1.82) is 0 Å². The first kappa shape index (κ1) is 22.2. The molecule has 2 saturated heterocycles. The Hall–Kier alpha value is -2.01. The molecule has 2 heterocycles. The lowest BCUT2D eigenvalue weighted by atomic mass is 9.71. The number of hydrogen-bond donors (Lipinski definition) is 2. The molecule has 2 aromatic carbocycles. The molecule has 2 atom stereocenters. The van der Waals surface area contributed by atoms with Gasteiger partial charge in [-0.15, -0.1) is 0 Å². The fourth-order valence-corrected chi connectivity index (χ4v) is 6.00. The number of carbonyl (C=O) groups excluding carboxylic acids is 1. The number of ketones is 1. The van der Waals surface area contributed by atoms with Crippen molar-refractivity contribution in [2.24, 2.45) is 5.92 Å². The number of hydrogen-bond acceptors (Lipinski definition) is 4. The number of nitrogens with one attached hydrogen (secondary N) is 1. The van der Waals surface area contributed by atoms with Crippen molar-refractivity contribution in [2.75, 3.05) is 13.1 Å². The molecule has 2 fully saturated rings. The first-order valence-corrected chi connectivity index (χ1v) is 11.5. The van der Waals surface area contributed by atoms with E-state index in [9.17, 15) is 9.90 Å². The molecule has 31 heavy (non-hydrogen) atoms. The van der Waals surface area contributed by atoms with Gasteiger partial charge in [0, 0.05) is 35.8 Å². The second-order valence-corrected chi connectivity index (χ2v) is 10.8. The number of likely N-dealkylation sites (tertiary alicyclic amines) is 1. The van der Waals surface area contributed by atoms with Gasteiger partial charge >= 0.3 is 0 Å². The summed E-state index contributed by atoms with van der Waals surface area (Å²) in [6.45, 7) is 10.4. The number of rotatable bonds is 4. The molecule has 0 bridgehead atoms. The van der Waals surface area contributed by atoms with Crippen LogP contribution in [0.2, 0.25) is 0 Å². The van der Waals surface area contributed by atoms with Gasteiger partial charge in [0.1, 0.15) is 5.60 Å². The number of aliphatic hydroxyl groups is 1. The third-order valence-electron chi connectivity index (χ3n) is 7.11. The van der Waals surface area contributed by atoms with Gasteiger partial charge in [-0.05, 0) is 52.5 Å². The van der Waals surface area contributed by atoms with Gasteiger partial charge in [0.15, 0.2) is 5.78 Å². The van der Waals surface area contributed by atoms with Gasteiger partial charge in [0.25, 0.3) is 0 Å². The lowest BCUT2D eigenvalue weighted by molar-refractivity contribution is -0.0809. The molecule has 2 aromatic rings. The number of Topliss-reactive ketones (excluding diaryl/α,β-unsaturated/α-hetero) is 1. The van der Waals surface area contributed by atoms with Crippen LogP contribution < -0.4 is 5.32 Å². The van der Waals surface area contributed by atoms with Gasteiger partial charge < -0.3 is 10.4 Å². The van der Waals surface area contributed by atoms with Gasteiger partial charge in [-0.2, -0.15) is 0 Å². The third-order valence-corrected chi connectivity index (χ3v) is 7.11. The molecule has 2 aliphatic rings. The summed E-state index contributed by atoms with van der Waals surface area (Å²) in [5.41, 5.74) is 0.448. The molecule has 4 rings (SSSR count). The fraction of sp³-hybridized carbons (Fsp3) is 0.519. The summed E-state index contributed by atoms with van der Waals surface area (Å²) < 4.78 is 0. The van der Waals surface area contributed by atoms with E-state index in [-0.39, 0.29) is 16.9 Å². The van der Waals surface area contributed by atoms with Crippen LogP contribution in [0.3, 0.4) is 0 Å². The standard InChI is InChI=1S/C27H36N2O2/c1-25(2)17-22(18-26(3,4)28-25)29-16-15-27(31,21-13-9-6-10-14-21)23(19-29)24(30)20-11-7-5-8-12-20/h5-14,22-23,28,31H,15-19H2,1-4H3/t23-,27-/m1/s1. The van der Waals surface area contributed by atoms with Crippen LogP contribution in [0.15, 0.2) is 60.7 Å². The zero-order valence-electron chi connectivity index (χ0n) is 19.3. The van der Waals surface area contributed by atoms with E-state index >= 15 is 0 Å². The van der Waals surface area contributed by atoms with Crippen LogP contribution in [0.5, 0.6) is 0 Å². The first-order valence-electron chi connectivity index (χ1n) is 11.5. The van der Waals surface area contributed by atoms with Crippen LogP contribution in [0, 0.1) is 5.92 Å². The molecule has 0 unspecified atom stereocenters. The van der Waals surface area contributed by atoms with Crippen molar-refractivity contribution in [3.8, 4) is 0 Å². The van der Waals surface area contributed by atoms with Crippen LogP contribution in [0.4, 0.5) is 0 Å². The average Bonchev–Trinajstić information content (AvgIpc) is 2.72. The van der Waals surface area contributed by atoms with Crippen LogP contribution in [0.1, 0.15) is 62.9 Å². The quantitative estimate of drug-likeness (QED) is 0.721. The fourth-order valence-electron chi connectivity index (χ4n) is 6.00. The van der Waals surface area contributed by atoms with Gasteiger partial charge in [-0.25, -0.2) is 0 Å². The Morgan fingerprint density at radius 3 is 2.06 bits per heavy atom. The molecule has 0 aliphatic carbocycles. The van der Waals surface area contributed by atoms with Crippen LogP contribution in [0.25, 0.3) is 0 Å². The monoisotopic (exact) mass is 420 g/mol. The second-order valence-electron chi connectivity index (χ2n) is 10.8. The maximum atomic E-state index is 13.7. The van der Waals surface area contributed by atoms with E-state index in [0.29, 0.717) is 24.6 Å². The van der Waals surface area contributed by atoms with Gasteiger partial charge in [-0.1, -0.05) is 60.7 Å². The van der Waals surface area contributed by atoms with Crippen molar-refractivity contribution in [1.82, 2.24) is 10.2 Å². The maximum Gasteiger partial charge on any atom is 0.170 e. The number of carbonyl (C=O) groups is 1. The Bertz CT molecular complexity index is 893. The smallest absolute Gasteiger partial charge is 0.170 e. The van der Waals surface area contributed by atoms with Crippen molar-refractivity contribution in [3.05, 3.63) is 71.8 Å². The van der Waals surface area contributed by atoms with Gasteiger partial charge in [0.2, 0.25) is 0 Å². The summed E-state index contributed by atoms with van der Waals surface area (Å²) in [5.74, 6) is -0.462. The molecule has 0 amide bonds. The number of benzene rings is 2. The highest BCUT2D eigenvalue weighted by Gasteiger charge is 2.49. The first-order chi connectivity index (χ1) is 14.6. The largest absolute Gasteiger partial charge is 0.384 e. The molecule has 0 saturated carbocycles. The Morgan fingerprint density at radius 2 is 1.48 bits per heavy atom. The lowest BCUT2D eigenvalue weighted by Crippen LogP contribution is -2.64. The minimum absolute atomic E-state index is 0.0316. The Balaban J connectivity index is 1.66. The van der Waals surface area contributed by atoms with Gasteiger partial charge in [-0.3, -0.25) is 9.69 Å². The molecular formula is C27H36N2O2. The molecular weight excluding hydrogens is 384 g/mol. The normalized spacial score (nSPS) is 28.9. The van der Waals surface area contributed by atoms with Crippen LogP contribution >= 0.6 is 0 Å². The highest BCUT2D eigenvalue weighted by atomic mass is 16.3. The lowest BCUT2D eigenvalue weighted by Gasteiger charge is -2.53. The van der Waals surface area contributed by atoms with E-state index in [1.807, 2.05) is 60.7 Å². The SMILES string of the molecule is CC1(C)CC(N2CC[C@@](O)(c3ccccc3)[C@@H](C(=O)c3ccccc3)C2)CC(C)(C)N1. The van der Waals surface area contributed by atoms with Crippen molar-refractivity contribution < 1.29 is 9.90 Å². The molecule has 166 valence electrons. The minimum atomic E-state index is -1.15. The van der Waals surface area contributed by atoms with E-state index in [0.717, 1.165) is 24.9 Å². The average molecular weight is 421 g/mol. The Morgan fingerprint density at radius 1 is 0.935 bits per heavy atom. The molecule has 2 N–H and O–H groups in total. The number of nitrogens with zero attached hydrogens (tertiary/aromatic N) is 1. The predicted molar refractivity (Wildman–Crippen MR) is 125 cm³/mol. The van der Waals surface area contributed by atoms with E-state index in [4.69, 9.17) is 0 Å². The summed E-state index contributed by atoms with van der Waals surface area (Å²) >= 11 is 0. The topological polar surface area (TPSA) is 52.6 Å². The van der Waals surface area contributed by atoms with Crippen LogP contribution in [-0.2, 0) is 5.60 Å². The summed E-state index contributed by atoms with van der Waals surface area (Å²) in [6.07, 6.45) is 2.63. The highest BCUT2D eigenvalue weighted by molar-refractivity contribution is 5.99. The van der Waals surface area contributed by atoms with Crippen molar-refractivity contribution in [2.45, 2.75) is 69.7 Å². The Labute approximate surface area is 186 Å². The third kappa shape index (κ3) is 4.62. The van der Waals surface area contributed by atoms with Crippen LogP contribution in [-0.4, -0.2) is 46.0 Å². The van der Waals surface area contributed by atoms with E-state index in [1.54, 1.807) is 0 Å². The predicted octanol–water partition coefficient (Wildman–Crippen LogP) is 4.39. The highest BCUT2D eigenvalue weighted by Crippen LogP contribution is 2.42. The molecule has 4 nitrogen and oxygen atoms in total. The summed E-state index contributed by atoms with van der Waals surface area (Å²) in [5, 5.41) is 15.7. The molecule has 2 aliphatic heterocycles. The summed E-state index contributed by atoms with van der Waals surface area (Å²) in [7, 11) is 0. The molecule has 0 aromatic heterocycles. The Kier molecular flexibility index (Phi) is 5.84. The second kappa shape index (κ2) is 8.16. The summed E-state index contributed by atoms with van der Waals surface area (Å²) in [4.78, 5) is 16.1. The van der Waals surface area contributed by atoms with E-state index in [2.05, 4.69) is 37.9 Å². The maximum absolute atomic E-state index is 13.7. The molecule has 0 radical (unpaired) electrons. The molecule has 0 spiro atoms. The zero-order chi connectivity index (χ0) is 22.3. The summed E-state index contributed by atoms with van der Waals surface area (Å²) in [6, 6.07) is 19.6. The van der Waals surface area contributed by atoms with Crippen molar-refractivity contribution in [3.63, 3.8) is 0 Å². The van der Waals surface area contributed by atoms with Gasteiger partial charge in [0.05, 0.1) is 5.92 Å². The molecule has 4 heteroatoms. The van der Waals surface area contributed by atoms with E-state index < -0.39 is 11.5 Å².